The third-order valence-corrected chi connectivity index (χ3v) is 6.17. The molecular weight excluding hydrogens is 446 g/mol. The summed E-state index contributed by atoms with van der Waals surface area (Å²) in [5, 5.41) is 9.49. The molecule has 0 aliphatic heterocycles. The highest BCUT2D eigenvalue weighted by atomic mass is 35.5. The Morgan fingerprint density at radius 2 is 1.74 bits per heavy atom. The number of hydrogen-bond acceptors (Lipinski definition) is 3. The first-order valence-electron chi connectivity index (χ1n) is 11.1. The van der Waals surface area contributed by atoms with Gasteiger partial charge in [-0.05, 0) is 66.9 Å². The Morgan fingerprint density at radius 1 is 1.00 bits per heavy atom. The van der Waals surface area contributed by atoms with E-state index in [9.17, 15) is 4.79 Å². The van der Waals surface area contributed by atoms with E-state index in [2.05, 4.69) is 18.3 Å². The number of nitrogens with one attached hydrogen (secondary N) is 1. The summed E-state index contributed by atoms with van der Waals surface area (Å²) in [4.78, 5) is 17.4. The van der Waals surface area contributed by atoms with Crippen LogP contribution in [0, 0.1) is 13.8 Å². The van der Waals surface area contributed by atoms with Gasteiger partial charge in [-0.3, -0.25) is 4.79 Å². The highest BCUT2D eigenvalue weighted by molar-refractivity contribution is 6.31. The summed E-state index contributed by atoms with van der Waals surface area (Å²) >= 11 is 6.18. The Hall–Kier alpha value is -3.90. The summed E-state index contributed by atoms with van der Waals surface area (Å²) in [5.41, 5.74) is 5.46. The summed E-state index contributed by atoms with van der Waals surface area (Å²) < 4.78 is 3.94. The third-order valence-electron chi connectivity index (χ3n) is 5.80. The van der Waals surface area contributed by atoms with Gasteiger partial charge in [0, 0.05) is 35.2 Å². The lowest BCUT2D eigenvalue weighted by molar-refractivity contribution is 0.0951. The van der Waals surface area contributed by atoms with Crippen molar-refractivity contribution in [2.45, 2.75) is 26.9 Å². The van der Waals surface area contributed by atoms with Gasteiger partial charge in [0.1, 0.15) is 0 Å². The Morgan fingerprint density at radius 3 is 2.47 bits per heavy atom. The van der Waals surface area contributed by atoms with Crippen molar-refractivity contribution in [3.8, 4) is 5.82 Å². The molecule has 0 bridgehead atoms. The van der Waals surface area contributed by atoms with Crippen molar-refractivity contribution >= 4 is 28.5 Å². The molecule has 3 heterocycles. The summed E-state index contributed by atoms with van der Waals surface area (Å²) in [6, 6.07) is 21.1. The van der Waals surface area contributed by atoms with Crippen molar-refractivity contribution in [2.24, 2.45) is 0 Å². The van der Waals surface area contributed by atoms with Gasteiger partial charge in [-0.2, -0.15) is 5.10 Å². The van der Waals surface area contributed by atoms with Crippen molar-refractivity contribution in [1.29, 1.82) is 0 Å². The molecule has 1 N–H and O–H groups in total. The van der Waals surface area contributed by atoms with Crippen LogP contribution in [-0.4, -0.2) is 25.2 Å². The summed E-state index contributed by atoms with van der Waals surface area (Å²) in [5.74, 6) is 0.722. The number of carbonyl (C=O) groups excluding carboxylic acids is 1. The van der Waals surface area contributed by atoms with Crippen LogP contribution in [-0.2, 0) is 13.1 Å². The normalized spacial score (nSPS) is 11.1. The molecule has 0 aliphatic carbocycles. The van der Waals surface area contributed by atoms with Gasteiger partial charge in [-0.15, -0.1) is 0 Å². The predicted octanol–water partition coefficient (Wildman–Crippen LogP) is 5.47. The molecule has 7 heteroatoms. The SMILES string of the molecule is Cc1cc(C)c2c(-n3cccc3)nn(Cc3ccc(C(=O)NCc4ccccc4Cl)cc3)c2n1. The number of halogens is 1. The van der Waals surface area contributed by atoms with Crippen LogP contribution in [0.5, 0.6) is 0 Å². The van der Waals surface area contributed by atoms with E-state index >= 15 is 0 Å². The van der Waals surface area contributed by atoms with Gasteiger partial charge >= 0.3 is 0 Å². The molecule has 0 unspecified atom stereocenters. The first-order valence-corrected chi connectivity index (χ1v) is 11.5. The molecule has 0 saturated heterocycles. The fourth-order valence-electron chi connectivity index (χ4n) is 4.11. The van der Waals surface area contributed by atoms with Crippen LogP contribution >= 0.6 is 11.6 Å². The van der Waals surface area contributed by atoms with Crippen LogP contribution in [0.25, 0.3) is 16.9 Å². The lowest BCUT2D eigenvalue weighted by atomic mass is 10.1. The molecule has 170 valence electrons. The number of benzene rings is 2. The first kappa shape index (κ1) is 21.9. The van der Waals surface area contributed by atoms with Gasteiger partial charge in [-0.1, -0.05) is 41.9 Å². The number of fused-ring (bicyclic) bond motifs is 1. The van der Waals surface area contributed by atoms with Crippen LogP contribution in [0.15, 0.2) is 79.1 Å². The number of aryl methyl sites for hydroxylation is 2. The van der Waals surface area contributed by atoms with E-state index in [1.165, 1.54) is 0 Å². The topological polar surface area (TPSA) is 64.7 Å². The van der Waals surface area contributed by atoms with Crippen LogP contribution in [0.4, 0.5) is 0 Å². The van der Waals surface area contributed by atoms with E-state index in [1.54, 1.807) is 0 Å². The average Bonchev–Trinajstić information content (AvgIpc) is 3.47. The van der Waals surface area contributed by atoms with E-state index < -0.39 is 0 Å². The number of aromatic nitrogens is 4. The second-order valence-corrected chi connectivity index (χ2v) is 8.73. The Labute approximate surface area is 202 Å². The molecule has 3 aromatic heterocycles. The van der Waals surface area contributed by atoms with Crippen LogP contribution < -0.4 is 5.32 Å². The van der Waals surface area contributed by atoms with Crippen molar-refractivity contribution in [2.75, 3.05) is 0 Å². The minimum atomic E-state index is -0.140. The van der Waals surface area contributed by atoms with Crippen molar-refractivity contribution in [1.82, 2.24) is 24.6 Å². The second kappa shape index (κ2) is 9.15. The molecule has 0 atom stereocenters. The summed E-state index contributed by atoms with van der Waals surface area (Å²) in [6.45, 7) is 5.02. The lowest BCUT2D eigenvalue weighted by Gasteiger charge is -2.08. The highest BCUT2D eigenvalue weighted by Gasteiger charge is 2.16. The van der Waals surface area contributed by atoms with Gasteiger partial charge in [0.05, 0.1) is 11.9 Å². The van der Waals surface area contributed by atoms with Gasteiger partial charge in [0.25, 0.3) is 5.91 Å². The van der Waals surface area contributed by atoms with Crippen molar-refractivity contribution in [3.05, 3.63) is 112 Å². The zero-order valence-electron chi connectivity index (χ0n) is 19.0. The molecule has 5 rings (SSSR count). The van der Waals surface area contributed by atoms with Gasteiger partial charge in [0.15, 0.2) is 11.5 Å². The molecule has 0 fully saturated rings. The smallest absolute Gasteiger partial charge is 0.251 e. The fraction of sp³-hybridized carbons (Fsp3) is 0.148. The monoisotopic (exact) mass is 469 g/mol. The molecule has 6 nitrogen and oxygen atoms in total. The molecule has 5 aromatic rings. The minimum absolute atomic E-state index is 0.140. The maximum Gasteiger partial charge on any atom is 0.251 e. The number of carbonyl (C=O) groups is 1. The third kappa shape index (κ3) is 4.32. The van der Waals surface area contributed by atoms with Crippen LogP contribution in [0.2, 0.25) is 5.02 Å². The average molecular weight is 470 g/mol. The molecule has 1 amide bonds. The zero-order valence-corrected chi connectivity index (χ0v) is 19.8. The molecule has 2 aromatic carbocycles. The lowest BCUT2D eigenvalue weighted by Crippen LogP contribution is -2.22. The molecule has 0 radical (unpaired) electrons. The van der Waals surface area contributed by atoms with Gasteiger partial charge in [0.2, 0.25) is 0 Å². The van der Waals surface area contributed by atoms with Crippen LogP contribution in [0.1, 0.15) is 32.7 Å². The Balaban J connectivity index is 1.37. The fourth-order valence-corrected chi connectivity index (χ4v) is 4.31. The Bertz CT molecular complexity index is 1470. The standard InChI is InChI=1S/C27H24ClN5O/c1-18-15-19(2)30-25-24(18)26(32-13-5-6-14-32)31-33(25)17-20-9-11-21(12-10-20)27(34)29-16-22-7-3-4-8-23(22)28/h3-15H,16-17H2,1-2H3,(H,29,34). The summed E-state index contributed by atoms with van der Waals surface area (Å²) in [6.07, 6.45) is 3.98. The molecular formula is C27H24ClN5O. The van der Waals surface area contributed by atoms with Crippen LogP contribution in [0.3, 0.4) is 0 Å². The minimum Gasteiger partial charge on any atom is -0.348 e. The maximum absolute atomic E-state index is 12.6. The first-order chi connectivity index (χ1) is 16.5. The zero-order chi connectivity index (χ0) is 23.7. The number of nitrogens with zero attached hydrogens (tertiary/aromatic N) is 4. The van der Waals surface area contributed by atoms with E-state index in [4.69, 9.17) is 21.7 Å². The Kier molecular flexibility index (Phi) is 5.90. The quantitative estimate of drug-likeness (QED) is 0.358. The van der Waals surface area contributed by atoms with E-state index in [-0.39, 0.29) is 5.91 Å². The number of rotatable bonds is 6. The van der Waals surface area contributed by atoms with E-state index in [0.717, 1.165) is 39.2 Å². The second-order valence-electron chi connectivity index (χ2n) is 8.32. The predicted molar refractivity (Wildman–Crippen MR) is 134 cm³/mol. The molecule has 34 heavy (non-hydrogen) atoms. The van der Waals surface area contributed by atoms with Crippen molar-refractivity contribution in [3.63, 3.8) is 0 Å². The largest absolute Gasteiger partial charge is 0.348 e. The van der Waals surface area contributed by atoms with E-state index in [1.807, 2.05) is 89.2 Å². The molecule has 0 aliphatic rings. The maximum atomic E-state index is 12.6. The number of hydrogen-bond donors (Lipinski definition) is 1. The molecule has 0 spiro atoms. The highest BCUT2D eigenvalue weighted by Crippen LogP contribution is 2.26. The number of pyridine rings is 1. The van der Waals surface area contributed by atoms with Crippen molar-refractivity contribution < 1.29 is 4.79 Å². The summed E-state index contributed by atoms with van der Waals surface area (Å²) in [7, 11) is 0. The molecule has 0 saturated carbocycles. The number of amides is 1. The van der Waals surface area contributed by atoms with E-state index in [0.29, 0.717) is 23.7 Å². The van der Waals surface area contributed by atoms with Gasteiger partial charge in [-0.25, -0.2) is 9.67 Å². The van der Waals surface area contributed by atoms with Gasteiger partial charge < -0.3 is 9.88 Å².